The first-order valence-electron chi connectivity index (χ1n) is 12.3. The van der Waals surface area contributed by atoms with Crippen LogP contribution < -0.4 is 5.32 Å². The average molecular weight is 527 g/mol. The summed E-state index contributed by atoms with van der Waals surface area (Å²) < 4.78 is 0. The zero-order chi connectivity index (χ0) is 25.9. The third kappa shape index (κ3) is 8.28. The molecule has 36 heavy (non-hydrogen) atoms. The molecule has 0 radical (unpaired) electrons. The lowest BCUT2D eigenvalue weighted by atomic mass is 10.1. The smallest absolute Gasteiger partial charge is 0.322 e. The van der Waals surface area contributed by atoms with Crippen molar-refractivity contribution in [2.75, 3.05) is 18.4 Å². The Labute approximate surface area is 224 Å². The Morgan fingerprint density at radius 1 is 0.861 bits per heavy atom. The molecule has 7 heteroatoms. The molecule has 0 aliphatic carbocycles. The van der Waals surface area contributed by atoms with Crippen LogP contribution in [0.2, 0.25) is 10.0 Å². The molecule has 5 nitrogen and oxygen atoms in total. The number of anilines is 1. The number of amides is 3. The minimum atomic E-state index is -0.269. The maximum Gasteiger partial charge on any atom is 0.322 e. The van der Waals surface area contributed by atoms with Gasteiger partial charge in [0.2, 0.25) is 5.91 Å². The van der Waals surface area contributed by atoms with Crippen LogP contribution in [0.3, 0.4) is 0 Å². The van der Waals surface area contributed by atoms with Gasteiger partial charge >= 0.3 is 6.03 Å². The summed E-state index contributed by atoms with van der Waals surface area (Å²) in [5, 5.41) is 3.68. The zero-order valence-corrected chi connectivity index (χ0v) is 22.3. The highest BCUT2D eigenvalue weighted by Gasteiger charge is 2.22. The normalized spacial score (nSPS) is 11.6. The van der Waals surface area contributed by atoms with Crippen molar-refractivity contribution in [1.29, 1.82) is 0 Å². The van der Waals surface area contributed by atoms with Gasteiger partial charge in [-0.1, -0.05) is 90.8 Å². The summed E-state index contributed by atoms with van der Waals surface area (Å²) >= 11 is 12.1. The topological polar surface area (TPSA) is 52.7 Å². The predicted octanol–water partition coefficient (Wildman–Crippen LogP) is 7.29. The van der Waals surface area contributed by atoms with Crippen LogP contribution in [0.4, 0.5) is 10.5 Å². The number of hydrogen-bond donors (Lipinski definition) is 1. The molecular formula is C29H33Cl2N3O2. The van der Waals surface area contributed by atoms with E-state index in [0.29, 0.717) is 35.4 Å². The molecule has 0 heterocycles. The fourth-order valence-corrected chi connectivity index (χ4v) is 4.19. The summed E-state index contributed by atoms with van der Waals surface area (Å²) in [6.45, 7) is 5.46. The molecule has 1 N–H and O–H groups in total. The van der Waals surface area contributed by atoms with E-state index < -0.39 is 0 Å². The van der Waals surface area contributed by atoms with E-state index in [1.54, 1.807) is 23.1 Å². The van der Waals surface area contributed by atoms with Gasteiger partial charge in [0.1, 0.15) is 0 Å². The van der Waals surface area contributed by atoms with E-state index in [9.17, 15) is 9.59 Å². The zero-order valence-electron chi connectivity index (χ0n) is 20.8. The third-order valence-electron chi connectivity index (χ3n) is 6.20. The molecule has 0 spiro atoms. The van der Waals surface area contributed by atoms with Gasteiger partial charge in [-0.25, -0.2) is 4.79 Å². The molecule has 0 saturated heterocycles. The number of urea groups is 1. The van der Waals surface area contributed by atoms with Crippen LogP contribution in [0.5, 0.6) is 0 Å². The van der Waals surface area contributed by atoms with Crippen LogP contribution in [-0.4, -0.2) is 40.9 Å². The molecule has 3 aromatic rings. The molecule has 0 saturated carbocycles. The van der Waals surface area contributed by atoms with Crippen LogP contribution in [0, 0.1) is 0 Å². The highest BCUT2D eigenvalue weighted by molar-refractivity contribution is 6.42. The van der Waals surface area contributed by atoms with Crippen molar-refractivity contribution >= 4 is 40.8 Å². The van der Waals surface area contributed by atoms with Gasteiger partial charge in [-0.15, -0.1) is 0 Å². The number of carbonyl (C=O) groups excluding carboxylic acids is 2. The summed E-state index contributed by atoms with van der Waals surface area (Å²) in [6, 6.07) is 24.8. The summed E-state index contributed by atoms with van der Waals surface area (Å²) in [6.07, 6.45) is 1.78. The van der Waals surface area contributed by atoms with Gasteiger partial charge in [0.15, 0.2) is 0 Å². The molecule has 3 amide bonds. The minimum absolute atomic E-state index is 0.0189. The van der Waals surface area contributed by atoms with E-state index in [4.69, 9.17) is 23.2 Å². The first-order valence-corrected chi connectivity index (χ1v) is 13.0. The predicted molar refractivity (Wildman–Crippen MR) is 149 cm³/mol. The number of nitrogens with zero attached hydrogens (tertiary/aromatic N) is 2. The van der Waals surface area contributed by atoms with Crippen LogP contribution in [-0.2, 0) is 17.8 Å². The van der Waals surface area contributed by atoms with Crippen LogP contribution in [0.25, 0.3) is 0 Å². The Hall–Kier alpha value is -3.02. The fraction of sp³-hybridized carbons (Fsp3) is 0.310. The van der Waals surface area contributed by atoms with Gasteiger partial charge in [-0.05, 0) is 49.1 Å². The Morgan fingerprint density at radius 2 is 1.50 bits per heavy atom. The Kier molecular flexibility index (Phi) is 10.6. The van der Waals surface area contributed by atoms with E-state index in [2.05, 4.69) is 17.4 Å². The maximum atomic E-state index is 13.4. The van der Waals surface area contributed by atoms with Gasteiger partial charge in [0.05, 0.1) is 10.0 Å². The van der Waals surface area contributed by atoms with Gasteiger partial charge in [0.25, 0.3) is 0 Å². The number of nitrogens with one attached hydrogen (secondary N) is 1. The second-order valence-corrected chi connectivity index (χ2v) is 9.61. The number of halogens is 2. The van der Waals surface area contributed by atoms with E-state index in [1.165, 1.54) is 5.56 Å². The highest BCUT2D eigenvalue weighted by Crippen LogP contribution is 2.25. The minimum Gasteiger partial charge on any atom is -0.338 e. The summed E-state index contributed by atoms with van der Waals surface area (Å²) in [5.41, 5.74) is 2.82. The van der Waals surface area contributed by atoms with E-state index in [1.807, 2.05) is 67.3 Å². The largest absolute Gasteiger partial charge is 0.338 e. The fourth-order valence-electron chi connectivity index (χ4n) is 3.89. The van der Waals surface area contributed by atoms with Crippen molar-refractivity contribution in [3.05, 3.63) is 100 Å². The molecule has 0 bridgehead atoms. The average Bonchev–Trinajstić information content (AvgIpc) is 2.89. The lowest BCUT2D eigenvalue weighted by molar-refractivity contribution is -0.132. The van der Waals surface area contributed by atoms with Crippen molar-refractivity contribution in [3.8, 4) is 0 Å². The molecule has 0 aromatic heterocycles. The molecule has 1 unspecified atom stereocenters. The molecule has 3 rings (SSSR count). The Morgan fingerprint density at radius 3 is 2.11 bits per heavy atom. The van der Waals surface area contributed by atoms with Crippen LogP contribution >= 0.6 is 23.2 Å². The van der Waals surface area contributed by atoms with Crippen LogP contribution in [0.15, 0.2) is 78.9 Å². The molecular weight excluding hydrogens is 493 g/mol. The number of hydrogen-bond acceptors (Lipinski definition) is 2. The van der Waals surface area contributed by atoms with Gasteiger partial charge in [-0.3, -0.25) is 4.79 Å². The maximum absolute atomic E-state index is 13.4. The quantitative estimate of drug-likeness (QED) is 0.285. The summed E-state index contributed by atoms with van der Waals surface area (Å²) in [5.74, 6) is 0.0189. The molecule has 190 valence electrons. The van der Waals surface area contributed by atoms with Crippen molar-refractivity contribution in [2.24, 2.45) is 0 Å². The van der Waals surface area contributed by atoms with Crippen molar-refractivity contribution in [2.45, 2.75) is 45.7 Å². The lowest BCUT2D eigenvalue weighted by Gasteiger charge is -2.30. The van der Waals surface area contributed by atoms with Crippen molar-refractivity contribution in [3.63, 3.8) is 0 Å². The second-order valence-electron chi connectivity index (χ2n) is 8.80. The van der Waals surface area contributed by atoms with Crippen molar-refractivity contribution in [1.82, 2.24) is 9.80 Å². The molecule has 0 aliphatic rings. The lowest BCUT2D eigenvalue weighted by Crippen LogP contribution is -2.44. The summed E-state index contributed by atoms with van der Waals surface area (Å²) in [4.78, 5) is 30.1. The number of benzene rings is 3. The SMILES string of the molecule is CCC(C)N(CCC(=O)N(CCc1ccccc1)Cc1ccccc1)C(=O)Nc1ccc(Cl)c(Cl)c1. The van der Waals surface area contributed by atoms with Gasteiger partial charge in [0, 0.05) is 37.8 Å². The molecule has 3 aromatic carbocycles. The highest BCUT2D eigenvalue weighted by atomic mass is 35.5. The third-order valence-corrected chi connectivity index (χ3v) is 6.94. The van der Waals surface area contributed by atoms with Gasteiger partial charge < -0.3 is 15.1 Å². The van der Waals surface area contributed by atoms with E-state index in [0.717, 1.165) is 18.4 Å². The standard InChI is InChI=1S/C29H33Cl2N3O2/c1-3-22(2)34(29(36)32-25-14-15-26(30)27(31)20-25)19-17-28(35)33(21-24-12-8-5-9-13-24)18-16-23-10-6-4-7-11-23/h4-15,20,22H,3,16-19,21H2,1-2H3,(H,32,36). The van der Waals surface area contributed by atoms with Crippen molar-refractivity contribution < 1.29 is 9.59 Å². The number of carbonyl (C=O) groups is 2. The second kappa shape index (κ2) is 13.9. The Bertz CT molecular complexity index is 1130. The number of rotatable bonds is 11. The first kappa shape index (κ1) is 27.6. The van der Waals surface area contributed by atoms with Crippen LogP contribution in [0.1, 0.15) is 37.8 Å². The first-order chi connectivity index (χ1) is 17.4. The van der Waals surface area contributed by atoms with E-state index in [-0.39, 0.29) is 24.4 Å². The molecule has 0 aliphatic heterocycles. The molecule has 1 atom stereocenters. The Balaban J connectivity index is 1.68. The molecule has 0 fully saturated rings. The van der Waals surface area contributed by atoms with E-state index >= 15 is 0 Å². The van der Waals surface area contributed by atoms with Gasteiger partial charge in [-0.2, -0.15) is 0 Å². The summed E-state index contributed by atoms with van der Waals surface area (Å²) in [7, 11) is 0. The monoisotopic (exact) mass is 525 g/mol.